The van der Waals surface area contributed by atoms with Crippen molar-refractivity contribution in [2.45, 2.75) is 19.4 Å². The van der Waals surface area contributed by atoms with Gasteiger partial charge < -0.3 is 0 Å². The molecule has 2 amide bonds. The van der Waals surface area contributed by atoms with E-state index in [-0.39, 0.29) is 17.6 Å². The van der Waals surface area contributed by atoms with Crippen molar-refractivity contribution in [3.63, 3.8) is 0 Å². The van der Waals surface area contributed by atoms with Crippen LogP contribution in [-0.4, -0.2) is 47.5 Å². The number of allylic oxidation sites excluding steroid dienone is 1. The van der Waals surface area contributed by atoms with E-state index in [1.54, 1.807) is 24.3 Å². The fraction of sp³-hybridized carbons (Fsp3) is 0.207. The molecule has 0 unspecified atom stereocenters. The number of nitrogens with zero attached hydrogens (tertiary/aromatic N) is 2. The van der Waals surface area contributed by atoms with Crippen molar-refractivity contribution in [2.24, 2.45) is 0 Å². The van der Waals surface area contributed by atoms with Crippen LogP contribution in [0.25, 0.3) is 5.57 Å². The summed E-state index contributed by atoms with van der Waals surface area (Å²) in [5.41, 5.74) is 4.81. The molecule has 172 valence electrons. The van der Waals surface area contributed by atoms with Gasteiger partial charge in [0.1, 0.15) is 0 Å². The van der Waals surface area contributed by atoms with Crippen molar-refractivity contribution in [2.75, 3.05) is 20.1 Å². The largest absolute Gasteiger partial charge is 0.295 e. The summed E-state index contributed by atoms with van der Waals surface area (Å²) in [6.45, 7) is 5.59. The number of amides is 2. The van der Waals surface area contributed by atoms with E-state index < -0.39 is 0 Å². The lowest BCUT2D eigenvalue weighted by Gasteiger charge is -2.17. The molecular weight excluding hydrogens is 424 g/mol. The van der Waals surface area contributed by atoms with Crippen LogP contribution in [0.1, 0.15) is 55.0 Å². The van der Waals surface area contributed by atoms with Gasteiger partial charge in [0, 0.05) is 18.7 Å². The number of imide groups is 1. The molecule has 4 rings (SSSR count). The molecule has 3 aromatic carbocycles. The number of likely N-dealkylation sites (N-methyl/N-ethyl adjacent to an activating group) is 1. The van der Waals surface area contributed by atoms with Gasteiger partial charge in [-0.15, -0.1) is 0 Å². The molecule has 34 heavy (non-hydrogen) atoms. The zero-order valence-electron chi connectivity index (χ0n) is 19.4. The third kappa shape index (κ3) is 5.21. The molecule has 5 nitrogen and oxygen atoms in total. The number of hydrogen-bond acceptors (Lipinski definition) is 4. The minimum absolute atomic E-state index is 0.103. The smallest absolute Gasteiger partial charge is 0.261 e. The van der Waals surface area contributed by atoms with E-state index in [1.165, 1.54) is 4.90 Å². The number of rotatable bonds is 10. The van der Waals surface area contributed by atoms with Gasteiger partial charge in [-0.1, -0.05) is 73.3 Å². The fourth-order valence-electron chi connectivity index (χ4n) is 4.21. The summed E-state index contributed by atoms with van der Waals surface area (Å²) in [5, 5.41) is 0. The van der Waals surface area contributed by atoms with Crippen molar-refractivity contribution in [3.8, 4) is 0 Å². The molecule has 0 fully saturated rings. The molecule has 0 bridgehead atoms. The minimum Gasteiger partial charge on any atom is -0.295 e. The number of ketones is 1. The van der Waals surface area contributed by atoms with Gasteiger partial charge in [0.05, 0.1) is 17.7 Å². The van der Waals surface area contributed by atoms with Crippen LogP contribution in [0.4, 0.5) is 0 Å². The third-order valence-electron chi connectivity index (χ3n) is 6.06. The molecule has 1 aliphatic heterocycles. The van der Waals surface area contributed by atoms with Crippen molar-refractivity contribution < 1.29 is 14.4 Å². The first kappa shape index (κ1) is 23.3. The van der Waals surface area contributed by atoms with Gasteiger partial charge in [-0.05, 0) is 48.7 Å². The Hall–Kier alpha value is -3.83. The predicted molar refractivity (Wildman–Crippen MR) is 134 cm³/mol. The summed E-state index contributed by atoms with van der Waals surface area (Å²) in [4.78, 5) is 40.7. The zero-order valence-corrected chi connectivity index (χ0v) is 19.4. The highest BCUT2D eigenvalue weighted by molar-refractivity contribution is 6.21. The molecule has 3 aromatic rings. The fourth-order valence-corrected chi connectivity index (χ4v) is 4.21. The van der Waals surface area contributed by atoms with E-state index in [2.05, 4.69) is 6.58 Å². The van der Waals surface area contributed by atoms with Gasteiger partial charge in [-0.2, -0.15) is 0 Å². The normalized spacial score (nSPS) is 12.8. The molecular formula is C29H28N2O3. The molecule has 1 aliphatic rings. The van der Waals surface area contributed by atoms with Crippen LogP contribution in [0.3, 0.4) is 0 Å². The lowest BCUT2D eigenvalue weighted by atomic mass is 10.0. The SMILES string of the molecule is C=C(CCCN1C(=O)c2ccccc2C1=O)c1ccc(CN(C)CC(=O)c2ccccc2)cc1. The average molecular weight is 453 g/mol. The molecule has 0 saturated carbocycles. The Labute approximate surface area is 200 Å². The Morgan fingerprint density at radius 3 is 2.03 bits per heavy atom. The monoisotopic (exact) mass is 452 g/mol. The molecule has 0 spiro atoms. The Morgan fingerprint density at radius 2 is 1.41 bits per heavy atom. The molecule has 1 heterocycles. The van der Waals surface area contributed by atoms with E-state index in [4.69, 9.17) is 0 Å². The predicted octanol–water partition coefficient (Wildman–Crippen LogP) is 5.09. The second kappa shape index (κ2) is 10.4. The van der Waals surface area contributed by atoms with E-state index in [0.29, 0.717) is 43.6 Å². The van der Waals surface area contributed by atoms with Crippen molar-refractivity contribution in [1.29, 1.82) is 0 Å². The molecule has 0 aliphatic carbocycles. The highest BCUT2D eigenvalue weighted by Crippen LogP contribution is 2.24. The quantitative estimate of drug-likeness (QED) is 0.318. The molecule has 0 saturated heterocycles. The summed E-state index contributed by atoms with van der Waals surface area (Å²) in [6.07, 6.45) is 1.36. The summed E-state index contributed by atoms with van der Waals surface area (Å²) in [7, 11) is 1.94. The Kier molecular flexibility index (Phi) is 7.14. The zero-order chi connectivity index (χ0) is 24.1. The third-order valence-corrected chi connectivity index (χ3v) is 6.06. The summed E-state index contributed by atoms with van der Waals surface area (Å²) >= 11 is 0. The molecule has 5 heteroatoms. The van der Waals surface area contributed by atoms with Crippen LogP contribution in [-0.2, 0) is 6.54 Å². The maximum absolute atomic E-state index is 12.5. The lowest BCUT2D eigenvalue weighted by Crippen LogP contribution is -2.30. The topological polar surface area (TPSA) is 57.7 Å². The van der Waals surface area contributed by atoms with Crippen molar-refractivity contribution >= 4 is 23.2 Å². The maximum atomic E-state index is 12.5. The van der Waals surface area contributed by atoms with Gasteiger partial charge in [0.15, 0.2) is 5.78 Å². The van der Waals surface area contributed by atoms with Crippen LogP contribution >= 0.6 is 0 Å². The van der Waals surface area contributed by atoms with Crippen molar-refractivity contribution in [1.82, 2.24) is 9.80 Å². The lowest BCUT2D eigenvalue weighted by molar-refractivity contribution is 0.0652. The second-order valence-electron chi connectivity index (χ2n) is 8.67. The van der Waals surface area contributed by atoms with E-state index in [1.807, 2.05) is 66.5 Å². The van der Waals surface area contributed by atoms with Gasteiger partial charge in [-0.25, -0.2) is 0 Å². The minimum atomic E-state index is -0.217. The first-order valence-corrected chi connectivity index (χ1v) is 11.4. The number of benzene rings is 3. The number of Topliss-reactive ketones (excluding diaryl/α,β-unsaturated/α-hetero) is 1. The Balaban J connectivity index is 1.25. The molecule has 0 aromatic heterocycles. The molecule has 0 N–H and O–H groups in total. The second-order valence-corrected chi connectivity index (χ2v) is 8.67. The van der Waals surface area contributed by atoms with Gasteiger partial charge in [0.25, 0.3) is 11.8 Å². The number of carbonyl (C=O) groups excluding carboxylic acids is 3. The van der Waals surface area contributed by atoms with Gasteiger partial charge in [-0.3, -0.25) is 24.2 Å². The highest BCUT2D eigenvalue weighted by Gasteiger charge is 2.34. The van der Waals surface area contributed by atoms with Crippen LogP contribution in [0.2, 0.25) is 0 Å². The van der Waals surface area contributed by atoms with Crippen LogP contribution in [0.15, 0.2) is 85.4 Å². The van der Waals surface area contributed by atoms with E-state index in [9.17, 15) is 14.4 Å². The summed E-state index contributed by atoms with van der Waals surface area (Å²) < 4.78 is 0. The van der Waals surface area contributed by atoms with Crippen LogP contribution in [0, 0.1) is 0 Å². The highest BCUT2D eigenvalue weighted by atomic mass is 16.2. The van der Waals surface area contributed by atoms with Gasteiger partial charge >= 0.3 is 0 Å². The summed E-state index contributed by atoms with van der Waals surface area (Å²) in [5.74, 6) is -0.331. The summed E-state index contributed by atoms with van der Waals surface area (Å²) in [6, 6.07) is 24.4. The Morgan fingerprint density at radius 1 is 0.824 bits per heavy atom. The average Bonchev–Trinajstić information content (AvgIpc) is 3.10. The van der Waals surface area contributed by atoms with Crippen LogP contribution in [0.5, 0.6) is 0 Å². The van der Waals surface area contributed by atoms with E-state index >= 15 is 0 Å². The van der Waals surface area contributed by atoms with E-state index in [0.717, 1.165) is 22.3 Å². The number of fused-ring (bicyclic) bond motifs is 1. The molecule has 0 atom stereocenters. The number of hydrogen-bond donors (Lipinski definition) is 0. The van der Waals surface area contributed by atoms with Crippen LogP contribution < -0.4 is 0 Å². The van der Waals surface area contributed by atoms with Crippen molar-refractivity contribution in [3.05, 3.63) is 113 Å². The standard InChI is InChI=1S/C29H28N2O3/c1-21(9-8-18-31-28(33)25-12-6-7-13-26(25)29(31)34)23-16-14-22(15-17-23)19-30(2)20-27(32)24-10-4-3-5-11-24/h3-7,10-17H,1,8-9,18-20H2,2H3. The molecule has 0 radical (unpaired) electrons. The Bertz CT molecular complexity index is 1180. The first-order chi connectivity index (χ1) is 16.4. The van der Waals surface area contributed by atoms with Gasteiger partial charge in [0.2, 0.25) is 0 Å². The number of carbonyl (C=O) groups is 3. The maximum Gasteiger partial charge on any atom is 0.261 e. The first-order valence-electron chi connectivity index (χ1n) is 11.4.